The van der Waals surface area contributed by atoms with Crippen LogP contribution in [0.25, 0.3) is 10.9 Å². The maximum absolute atomic E-state index is 12.6. The first kappa shape index (κ1) is 18.1. The highest BCUT2D eigenvalue weighted by Crippen LogP contribution is 2.38. The minimum absolute atomic E-state index is 0.157. The van der Waals surface area contributed by atoms with E-state index in [2.05, 4.69) is 4.98 Å². The van der Waals surface area contributed by atoms with Crippen molar-refractivity contribution >= 4 is 28.5 Å². The third-order valence-corrected chi connectivity index (χ3v) is 3.85. The van der Waals surface area contributed by atoms with Gasteiger partial charge in [-0.2, -0.15) is 0 Å². The molecule has 0 spiro atoms. The van der Waals surface area contributed by atoms with Gasteiger partial charge in [-0.3, -0.25) is 14.2 Å². The van der Waals surface area contributed by atoms with Crippen LogP contribution in [0, 0.1) is 0 Å². The molecule has 0 bridgehead atoms. The predicted octanol–water partition coefficient (Wildman–Crippen LogP) is 2.41. The summed E-state index contributed by atoms with van der Waals surface area (Å²) in [5.41, 5.74) is 0.124. The fourth-order valence-corrected chi connectivity index (χ4v) is 2.71. The fraction of sp³-hybridized carbons (Fsp3) is 0.438. The Hall–Kier alpha value is -2.28. The van der Waals surface area contributed by atoms with Crippen LogP contribution in [0.3, 0.4) is 0 Å². The first-order valence-electron chi connectivity index (χ1n) is 7.48. The lowest BCUT2D eigenvalue weighted by Crippen LogP contribution is -2.21. The summed E-state index contributed by atoms with van der Waals surface area (Å²) in [6.07, 6.45) is 2.13. The molecule has 24 heavy (non-hydrogen) atoms. The summed E-state index contributed by atoms with van der Waals surface area (Å²) >= 11 is 6.30. The van der Waals surface area contributed by atoms with Crippen molar-refractivity contribution in [2.24, 2.45) is 0 Å². The van der Waals surface area contributed by atoms with Gasteiger partial charge in [0.05, 0.1) is 38.1 Å². The van der Waals surface area contributed by atoms with Crippen molar-refractivity contribution in [1.82, 2.24) is 9.55 Å². The summed E-state index contributed by atoms with van der Waals surface area (Å²) in [5.74, 6) is 0.403. The molecule has 0 aliphatic heterocycles. The molecule has 1 heterocycles. The molecule has 0 aliphatic rings. The van der Waals surface area contributed by atoms with Crippen molar-refractivity contribution < 1.29 is 19.0 Å². The molecule has 0 unspecified atom stereocenters. The largest absolute Gasteiger partial charge is 0.493 e. The van der Waals surface area contributed by atoms with Gasteiger partial charge in [-0.25, -0.2) is 4.98 Å². The number of ether oxygens (including phenoxy) is 3. The van der Waals surface area contributed by atoms with E-state index in [1.807, 2.05) is 0 Å². The molecule has 0 radical (unpaired) electrons. The van der Waals surface area contributed by atoms with Gasteiger partial charge in [-0.15, -0.1) is 0 Å². The SMILES string of the molecule is CCOC(=O)CCCn1cnc2cc(OC)c(OC)c(Cl)c2c1=O. The van der Waals surface area contributed by atoms with Crippen molar-refractivity contribution in [3.8, 4) is 11.5 Å². The quantitative estimate of drug-likeness (QED) is 0.710. The first-order valence-corrected chi connectivity index (χ1v) is 7.86. The van der Waals surface area contributed by atoms with Gasteiger partial charge < -0.3 is 14.2 Å². The smallest absolute Gasteiger partial charge is 0.305 e. The van der Waals surface area contributed by atoms with Crippen molar-refractivity contribution in [2.75, 3.05) is 20.8 Å². The van der Waals surface area contributed by atoms with Crippen molar-refractivity contribution in [3.63, 3.8) is 0 Å². The third-order valence-electron chi connectivity index (χ3n) is 3.49. The zero-order valence-corrected chi connectivity index (χ0v) is 14.6. The number of nitrogens with zero attached hydrogens (tertiary/aromatic N) is 2. The number of hydrogen-bond donors (Lipinski definition) is 0. The molecule has 0 atom stereocenters. The summed E-state index contributed by atoms with van der Waals surface area (Å²) in [7, 11) is 2.93. The highest BCUT2D eigenvalue weighted by atomic mass is 35.5. The van der Waals surface area contributed by atoms with Crippen molar-refractivity contribution in [1.29, 1.82) is 0 Å². The Morgan fingerprint density at radius 3 is 2.71 bits per heavy atom. The molecule has 0 saturated carbocycles. The summed E-state index contributed by atoms with van der Waals surface area (Å²) in [5, 5.41) is 0.414. The molecule has 0 saturated heterocycles. The summed E-state index contributed by atoms with van der Waals surface area (Å²) < 4.78 is 16.7. The number of carbonyl (C=O) groups excluding carboxylic acids is 1. The number of carbonyl (C=O) groups is 1. The molecule has 8 heteroatoms. The highest BCUT2D eigenvalue weighted by molar-refractivity contribution is 6.37. The lowest BCUT2D eigenvalue weighted by molar-refractivity contribution is -0.143. The van der Waals surface area contributed by atoms with Crippen molar-refractivity contribution in [3.05, 3.63) is 27.8 Å². The van der Waals surface area contributed by atoms with Gasteiger partial charge in [0, 0.05) is 19.0 Å². The molecule has 0 aliphatic carbocycles. The Balaban J connectivity index is 2.34. The average molecular weight is 355 g/mol. The normalized spacial score (nSPS) is 10.7. The van der Waals surface area contributed by atoms with Crippen LogP contribution in [-0.2, 0) is 16.1 Å². The van der Waals surface area contributed by atoms with E-state index in [9.17, 15) is 9.59 Å². The van der Waals surface area contributed by atoms with Crippen LogP contribution >= 0.6 is 11.6 Å². The van der Waals surface area contributed by atoms with E-state index < -0.39 is 0 Å². The molecule has 0 fully saturated rings. The number of fused-ring (bicyclic) bond motifs is 1. The number of halogens is 1. The topological polar surface area (TPSA) is 79.7 Å². The average Bonchev–Trinajstić information content (AvgIpc) is 2.56. The van der Waals surface area contributed by atoms with E-state index in [-0.39, 0.29) is 34.1 Å². The van der Waals surface area contributed by atoms with Crippen LogP contribution in [0.5, 0.6) is 11.5 Å². The van der Waals surface area contributed by atoms with Crippen LogP contribution in [0.4, 0.5) is 0 Å². The molecule has 130 valence electrons. The molecule has 2 rings (SSSR count). The molecule has 0 N–H and O–H groups in total. The van der Waals surface area contributed by atoms with Crippen LogP contribution in [0.15, 0.2) is 17.2 Å². The summed E-state index contributed by atoms with van der Waals surface area (Å²) in [4.78, 5) is 28.3. The predicted molar refractivity (Wildman–Crippen MR) is 90.0 cm³/mol. The number of esters is 1. The summed E-state index contributed by atoms with van der Waals surface area (Å²) in [6, 6.07) is 1.60. The number of methoxy groups -OCH3 is 2. The second-order valence-corrected chi connectivity index (χ2v) is 5.35. The van der Waals surface area contributed by atoms with Crippen LogP contribution < -0.4 is 15.0 Å². The van der Waals surface area contributed by atoms with Gasteiger partial charge in [0.2, 0.25) is 0 Å². The molecule has 2 aromatic rings. The zero-order valence-electron chi connectivity index (χ0n) is 13.8. The van der Waals surface area contributed by atoms with E-state index in [0.29, 0.717) is 30.8 Å². The van der Waals surface area contributed by atoms with E-state index in [4.69, 9.17) is 25.8 Å². The Morgan fingerprint density at radius 1 is 1.33 bits per heavy atom. The van der Waals surface area contributed by atoms with Gasteiger partial charge in [-0.05, 0) is 13.3 Å². The molecule has 7 nitrogen and oxygen atoms in total. The maximum Gasteiger partial charge on any atom is 0.305 e. The van der Waals surface area contributed by atoms with Gasteiger partial charge >= 0.3 is 5.97 Å². The fourth-order valence-electron chi connectivity index (χ4n) is 2.36. The monoisotopic (exact) mass is 354 g/mol. The molecular formula is C16H19ClN2O5. The maximum atomic E-state index is 12.6. The standard InChI is InChI=1S/C16H19ClN2O5/c1-4-24-12(20)6-5-7-19-9-18-10-8-11(22-2)15(23-3)14(17)13(10)16(19)21/h8-9H,4-7H2,1-3H3. The molecular weight excluding hydrogens is 336 g/mol. The zero-order chi connectivity index (χ0) is 17.7. The third kappa shape index (κ3) is 3.62. The number of hydrogen-bond acceptors (Lipinski definition) is 6. The number of benzene rings is 1. The Bertz CT molecular complexity index is 803. The van der Waals surface area contributed by atoms with E-state index >= 15 is 0 Å². The number of aryl methyl sites for hydroxylation is 1. The second-order valence-electron chi connectivity index (χ2n) is 4.97. The molecule has 0 amide bonds. The van der Waals surface area contributed by atoms with Crippen molar-refractivity contribution in [2.45, 2.75) is 26.3 Å². The van der Waals surface area contributed by atoms with Gasteiger partial charge in [0.1, 0.15) is 5.02 Å². The van der Waals surface area contributed by atoms with Crippen LogP contribution in [-0.4, -0.2) is 36.3 Å². The Labute approximate surface area is 144 Å². The van der Waals surface area contributed by atoms with Crippen LogP contribution in [0.1, 0.15) is 19.8 Å². The molecule has 1 aromatic carbocycles. The molecule has 1 aromatic heterocycles. The van der Waals surface area contributed by atoms with Gasteiger partial charge in [-0.1, -0.05) is 11.6 Å². The first-order chi connectivity index (χ1) is 11.5. The van der Waals surface area contributed by atoms with Crippen LogP contribution in [0.2, 0.25) is 5.02 Å². The number of aromatic nitrogens is 2. The van der Waals surface area contributed by atoms with E-state index in [1.165, 1.54) is 25.1 Å². The number of rotatable bonds is 7. The minimum Gasteiger partial charge on any atom is -0.493 e. The Kier molecular flexibility index (Phi) is 6.03. The lowest BCUT2D eigenvalue weighted by atomic mass is 10.2. The van der Waals surface area contributed by atoms with E-state index in [0.717, 1.165) is 0 Å². The Morgan fingerprint density at radius 2 is 2.08 bits per heavy atom. The second kappa shape index (κ2) is 8.01. The summed E-state index contributed by atoms with van der Waals surface area (Å²) in [6.45, 7) is 2.43. The van der Waals surface area contributed by atoms with Gasteiger partial charge in [0.25, 0.3) is 5.56 Å². The minimum atomic E-state index is -0.296. The van der Waals surface area contributed by atoms with E-state index in [1.54, 1.807) is 13.0 Å². The highest BCUT2D eigenvalue weighted by Gasteiger charge is 2.17. The van der Waals surface area contributed by atoms with Gasteiger partial charge in [0.15, 0.2) is 11.5 Å². The lowest BCUT2D eigenvalue weighted by Gasteiger charge is -2.12.